The number of hydrogen-bond donors (Lipinski definition) is 0. The third-order valence-electron chi connectivity index (χ3n) is 2.77. The normalized spacial score (nSPS) is 28.1. The second-order valence-corrected chi connectivity index (χ2v) is 3.70. The van der Waals surface area contributed by atoms with Crippen LogP contribution in [0, 0.1) is 11.8 Å². The van der Waals surface area contributed by atoms with Crippen LogP contribution in [0.1, 0.15) is 32.1 Å². The van der Waals surface area contributed by atoms with Gasteiger partial charge in [0.1, 0.15) is 6.29 Å². The molecule has 0 atom stereocenters. The largest absolute Gasteiger partial charge is 0.469 e. The van der Waals surface area contributed by atoms with Gasteiger partial charge in [0.25, 0.3) is 0 Å². The van der Waals surface area contributed by atoms with Crippen molar-refractivity contribution in [1.82, 2.24) is 0 Å². The first-order valence-electron chi connectivity index (χ1n) is 4.78. The average molecular weight is 184 g/mol. The molecule has 1 aliphatic carbocycles. The van der Waals surface area contributed by atoms with Gasteiger partial charge in [-0.1, -0.05) is 0 Å². The van der Waals surface area contributed by atoms with Crippen molar-refractivity contribution in [1.29, 1.82) is 0 Å². The van der Waals surface area contributed by atoms with Crippen molar-refractivity contribution >= 4 is 12.3 Å². The lowest BCUT2D eigenvalue weighted by Crippen LogP contribution is -2.18. The zero-order valence-corrected chi connectivity index (χ0v) is 7.99. The highest BCUT2D eigenvalue weighted by Gasteiger charge is 2.22. The molecule has 1 aliphatic rings. The van der Waals surface area contributed by atoms with Crippen LogP contribution >= 0.6 is 0 Å². The molecule has 0 aromatic carbocycles. The lowest BCUT2D eigenvalue weighted by Gasteiger charge is -2.24. The van der Waals surface area contributed by atoms with E-state index in [1.165, 1.54) is 7.11 Å². The lowest BCUT2D eigenvalue weighted by molar-refractivity contribution is -0.142. The van der Waals surface area contributed by atoms with Crippen LogP contribution in [0.4, 0.5) is 0 Å². The van der Waals surface area contributed by atoms with Gasteiger partial charge in [-0.3, -0.25) is 4.79 Å². The number of hydrogen-bond acceptors (Lipinski definition) is 3. The molecule has 0 radical (unpaired) electrons. The van der Waals surface area contributed by atoms with E-state index < -0.39 is 0 Å². The first kappa shape index (κ1) is 10.2. The molecule has 0 bridgehead atoms. The topological polar surface area (TPSA) is 43.4 Å². The Hall–Kier alpha value is -0.860. The van der Waals surface area contributed by atoms with E-state index in [1.807, 2.05) is 0 Å². The second kappa shape index (κ2) is 5.00. The maximum absolute atomic E-state index is 10.9. The van der Waals surface area contributed by atoms with E-state index in [4.69, 9.17) is 0 Å². The van der Waals surface area contributed by atoms with Crippen LogP contribution in [0.2, 0.25) is 0 Å². The van der Waals surface area contributed by atoms with Crippen molar-refractivity contribution in [3.63, 3.8) is 0 Å². The van der Waals surface area contributed by atoms with E-state index in [9.17, 15) is 9.59 Å². The van der Waals surface area contributed by atoms with E-state index >= 15 is 0 Å². The summed E-state index contributed by atoms with van der Waals surface area (Å²) in [5, 5.41) is 0. The smallest absolute Gasteiger partial charge is 0.305 e. The predicted molar refractivity (Wildman–Crippen MR) is 48.1 cm³/mol. The monoisotopic (exact) mass is 184 g/mol. The fourth-order valence-corrected chi connectivity index (χ4v) is 1.85. The highest BCUT2D eigenvalue weighted by atomic mass is 16.5. The van der Waals surface area contributed by atoms with Gasteiger partial charge in [-0.15, -0.1) is 0 Å². The average Bonchev–Trinajstić information content (AvgIpc) is 2.19. The van der Waals surface area contributed by atoms with Gasteiger partial charge < -0.3 is 9.53 Å². The van der Waals surface area contributed by atoms with Crippen LogP contribution in [-0.4, -0.2) is 19.4 Å². The zero-order chi connectivity index (χ0) is 9.68. The van der Waals surface area contributed by atoms with Crippen LogP contribution in [-0.2, 0) is 14.3 Å². The van der Waals surface area contributed by atoms with Crippen molar-refractivity contribution in [3.8, 4) is 0 Å². The summed E-state index contributed by atoms with van der Waals surface area (Å²) in [5.41, 5.74) is 0. The van der Waals surface area contributed by atoms with Gasteiger partial charge >= 0.3 is 5.97 Å². The lowest BCUT2D eigenvalue weighted by atomic mass is 9.81. The molecule has 0 spiro atoms. The molecule has 0 aromatic rings. The van der Waals surface area contributed by atoms with Gasteiger partial charge in [0, 0.05) is 12.3 Å². The fraction of sp³-hybridized carbons (Fsp3) is 0.800. The van der Waals surface area contributed by atoms with Crippen molar-refractivity contribution in [2.24, 2.45) is 11.8 Å². The number of ether oxygens (including phenoxy) is 1. The third-order valence-corrected chi connectivity index (χ3v) is 2.77. The quantitative estimate of drug-likeness (QED) is 0.493. The van der Waals surface area contributed by atoms with Crippen molar-refractivity contribution in [3.05, 3.63) is 0 Å². The number of rotatable bonds is 3. The highest BCUT2D eigenvalue weighted by Crippen LogP contribution is 2.29. The molecule has 74 valence electrons. The molecule has 0 heterocycles. The molecule has 1 fully saturated rings. The molecule has 0 aromatic heterocycles. The molecular weight excluding hydrogens is 168 g/mol. The van der Waals surface area contributed by atoms with Crippen LogP contribution in [0.5, 0.6) is 0 Å². The summed E-state index contributed by atoms with van der Waals surface area (Å²) in [5.74, 6) is 0.534. The number of methoxy groups -OCH3 is 1. The van der Waals surface area contributed by atoms with Crippen molar-refractivity contribution < 1.29 is 14.3 Å². The zero-order valence-electron chi connectivity index (χ0n) is 7.99. The Bertz CT molecular complexity index is 181. The summed E-state index contributed by atoms with van der Waals surface area (Å²) >= 11 is 0. The predicted octanol–water partition coefficient (Wildman–Crippen LogP) is 1.55. The molecule has 3 heteroatoms. The Labute approximate surface area is 78.5 Å². The Balaban J connectivity index is 2.24. The maximum Gasteiger partial charge on any atom is 0.305 e. The Morgan fingerprint density at radius 1 is 1.38 bits per heavy atom. The highest BCUT2D eigenvalue weighted by molar-refractivity contribution is 5.69. The van der Waals surface area contributed by atoms with E-state index in [2.05, 4.69) is 4.74 Å². The molecule has 0 N–H and O–H groups in total. The standard InChI is InChI=1S/C10H16O3/c1-13-10(12)6-8-2-4-9(7-11)5-3-8/h7-9H,2-6H2,1H3. The SMILES string of the molecule is COC(=O)CC1CCC(C=O)CC1. The number of esters is 1. The summed E-state index contributed by atoms with van der Waals surface area (Å²) in [4.78, 5) is 21.4. The third kappa shape index (κ3) is 3.17. The molecule has 3 nitrogen and oxygen atoms in total. The Morgan fingerprint density at radius 2 is 2.00 bits per heavy atom. The molecule has 1 saturated carbocycles. The van der Waals surface area contributed by atoms with Gasteiger partial charge in [0.15, 0.2) is 0 Å². The molecule has 0 amide bonds. The van der Waals surface area contributed by atoms with E-state index in [0.717, 1.165) is 32.0 Å². The molecule has 0 unspecified atom stereocenters. The van der Waals surface area contributed by atoms with Gasteiger partial charge in [0.2, 0.25) is 0 Å². The number of aldehydes is 1. The first-order chi connectivity index (χ1) is 6.26. The summed E-state index contributed by atoms with van der Waals surface area (Å²) in [6.07, 6.45) is 5.39. The molecule has 1 rings (SSSR count). The minimum absolute atomic E-state index is 0.130. The van der Waals surface area contributed by atoms with E-state index in [0.29, 0.717) is 12.3 Å². The van der Waals surface area contributed by atoms with Gasteiger partial charge in [-0.05, 0) is 31.6 Å². The van der Waals surface area contributed by atoms with Gasteiger partial charge in [-0.2, -0.15) is 0 Å². The Kier molecular flexibility index (Phi) is 3.93. The van der Waals surface area contributed by atoms with Crippen LogP contribution in [0.3, 0.4) is 0 Å². The molecule has 13 heavy (non-hydrogen) atoms. The van der Waals surface area contributed by atoms with Crippen LogP contribution in [0.15, 0.2) is 0 Å². The molecular formula is C10H16O3. The van der Waals surface area contributed by atoms with Gasteiger partial charge in [-0.25, -0.2) is 0 Å². The summed E-state index contributed by atoms with van der Waals surface area (Å²) in [6, 6.07) is 0. The minimum Gasteiger partial charge on any atom is -0.469 e. The van der Waals surface area contributed by atoms with Gasteiger partial charge in [0.05, 0.1) is 7.11 Å². The summed E-state index contributed by atoms with van der Waals surface area (Å²) in [6.45, 7) is 0. The maximum atomic E-state index is 10.9. The van der Waals surface area contributed by atoms with Crippen molar-refractivity contribution in [2.75, 3.05) is 7.11 Å². The number of carbonyl (C=O) groups is 2. The number of carbonyl (C=O) groups excluding carboxylic acids is 2. The summed E-state index contributed by atoms with van der Waals surface area (Å²) < 4.78 is 4.60. The van der Waals surface area contributed by atoms with E-state index in [-0.39, 0.29) is 11.9 Å². The molecule has 0 aliphatic heterocycles. The first-order valence-corrected chi connectivity index (χ1v) is 4.78. The minimum atomic E-state index is -0.130. The van der Waals surface area contributed by atoms with Crippen LogP contribution < -0.4 is 0 Å². The Morgan fingerprint density at radius 3 is 2.46 bits per heavy atom. The van der Waals surface area contributed by atoms with E-state index in [1.54, 1.807) is 0 Å². The molecule has 0 saturated heterocycles. The second-order valence-electron chi connectivity index (χ2n) is 3.70. The fourth-order valence-electron chi connectivity index (χ4n) is 1.85. The summed E-state index contributed by atoms with van der Waals surface area (Å²) in [7, 11) is 1.42. The van der Waals surface area contributed by atoms with Crippen molar-refractivity contribution in [2.45, 2.75) is 32.1 Å². The van der Waals surface area contributed by atoms with Crippen LogP contribution in [0.25, 0.3) is 0 Å².